The largest absolute Gasteiger partial charge is 0.454 e. The van der Waals surface area contributed by atoms with E-state index >= 15 is 0 Å². The molecule has 2 N–H and O–H groups in total. The molecule has 25 heavy (non-hydrogen) atoms. The Hall–Kier alpha value is -2.94. The van der Waals surface area contributed by atoms with Crippen molar-refractivity contribution in [1.29, 1.82) is 0 Å². The summed E-state index contributed by atoms with van der Waals surface area (Å²) in [5, 5.41) is 3.22. The second-order valence-electron chi connectivity index (χ2n) is 5.32. The van der Waals surface area contributed by atoms with Gasteiger partial charge in [0.15, 0.2) is 6.61 Å². The van der Waals surface area contributed by atoms with Gasteiger partial charge >= 0.3 is 12.0 Å². The van der Waals surface area contributed by atoms with Gasteiger partial charge in [-0.15, -0.1) is 0 Å². The van der Waals surface area contributed by atoms with E-state index in [0.717, 1.165) is 0 Å². The number of nitrogens with one attached hydrogen (secondary N) is 2. The fourth-order valence-electron chi connectivity index (χ4n) is 2.50. The average molecular weight is 349 g/mol. The molecule has 4 amide bonds. The van der Waals surface area contributed by atoms with Gasteiger partial charge in [-0.25, -0.2) is 9.59 Å². The maximum atomic E-state index is 12.7. The molecule has 9 nitrogen and oxygen atoms in total. The Kier molecular flexibility index (Phi) is 5.71. The summed E-state index contributed by atoms with van der Waals surface area (Å²) >= 11 is 0. The van der Waals surface area contributed by atoms with Crippen LogP contribution in [-0.4, -0.2) is 49.1 Å². The summed E-state index contributed by atoms with van der Waals surface area (Å²) < 4.78 is 9.20. The number of ether oxygens (including phenoxy) is 2. The molecule has 1 aromatic rings. The van der Waals surface area contributed by atoms with Gasteiger partial charge in [0.1, 0.15) is 12.1 Å². The molecule has 9 heteroatoms. The first-order valence-electron chi connectivity index (χ1n) is 7.61. The quantitative estimate of drug-likeness (QED) is 0.532. The van der Waals surface area contributed by atoms with Crippen molar-refractivity contribution in [2.24, 2.45) is 0 Å². The van der Waals surface area contributed by atoms with Crippen molar-refractivity contribution in [2.75, 3.05) is 20.3 Å². The average Bonchev–Trinajstić information content (AvgIpc) is 2.86. The second-order valence-corrected chi connectivity index (χ2v) is 5.32. The van der Waals surface area contributed by atoms with Crippen LogP contribution in [0.15, 0.2) is 30.3 Å². The van der Waals surface area contributed by atoms with Crippen LogP contribution >= 0.6 is 0 Å². The van der Waals surface area contributed by atoms with Gasteiger partial charge in [-0.2, -0.15) is 5.01 Å². The smallest absolute Gasteiger partial charge is 0.344 e. The van der Waals surface area contributed by atoms with Crippen LogP contribution in [-0.2, 0) is 29.4 Å². The normalized spacial score (nSPS) is 19.5. The van der Waals surface area contributed by atoms with Crippen LogP contribution in [0.3, 0.4) is 0 Å². The van der Waals surface area contributed by atoms with Crippen molar-refractivity contribution in [3.05, 3.63) is 35.9 Å². The summed E-state index contributed by atoms with van der Waals surface area (Å²) in [5.41, 5.74) is 1.51. The van der Waals surface area contributed by atoms with Crippen LogP contribution in [0, 0.1) is 0 Å². The lowest BCUT2D eigenvalue weighted by Gasteiger charge is -2.25. The Morgan fingerprint density at radius 2 is 1.88 bits per heavy atom. The molecule has 0 saturated carbocycles. The number of amides is 4. The topological polar surface area (TPSA) is 114 Å². The van der Waals surface area contributed by atoms with Gasteiger partial charge in [0.25, 0.3) is 11.8 Å². The van der Waals surface area contributed by atoms with Crippen LogP contribution in [0.5, 0.6) is 0 Å². The molecule has 0 radical (unpaired) electrons. The van der Waals surface area contributed by atoms with Gasteiger partial charge in [0.2, 0.25) is 0 Å². The highest BCUT2D eigenvalue weighted by Gasteiger charge is 2.52. The molecule has 0 aliphatic carbocycles. The highest BCUT2D eigenvalue weighted by molar-refractivity contribution is 6.08. The summed E-state index contributed by atoms with van der Waals surface area (Å²) in [6, 6.07) is 7.99. The predicted molar refractivity (Wildman–Crippen MR) is 84.8 cm³/mol. The Morgan fingerprint density at radius 3 is 2.48 bits per heavy atom. The molecular weight excluding hydrogens is 330 g/mol. The SMILES string of the molecule is CC[C@@]1(c2ccccc2)NC(=O)N(NC(=O)COC(=O)COC)C1=O. The van der Waals surface area contributed by atoms with Gasteiger partial charge < -0.3 is 14.8 Å². The number of esters is 1. The molecule has 1 saturated heterocycles. The number of carbonyl (C=O) groups is 4. The minimum atomic E-state index is -1.25. The first kappa shape index (κ1) is 18.4. The van der Waals surface area contributed by atoms with E-state index in [-0.39, 0.29) is 6.61 Å². The minimum Gasteiger partial charge on any atom is -0.454 e. The highest BCUT2D eigenvalue weighted by atomic mass is 16.6. The van der Waals surface area contributed by atoms with E-state index in [9.17, 15) is 19.2 Å². The van der Waals surface area contributed by atoms with Gasteiger partial charge in [-0.3, -0.25) is 15.0 Å². The van der Waals surface area contributed by atoms with E-state index < -0.39 is 36.0 Å². The maximum Gasteiger partial charge on any atom is 0.344 e. The fourth-order valence-corrected chi connectivity index (χ4v) is 2.50. The van der Waals surface area contributed by atoms with Crippen LogP contribution in [0.2, 0.25) is 0 Å². The molecule has 1 aliphatic heterocycles. The minimum absolute atomic E-state index is 0.302. The molecule has 134 valence electrons. The number of nitrogens with zero attached hydrogens (tertiary/aromatic N) is 1. The maximum absolute atomic E-state index is 12.7. The van der Waals surface area contributed by atoms with Gasteiger partial charge in [0.05, 0.1) is 0 Å². The third kappa shape index (κ3) is 3.77. The number of hydrazine groups is 1. The second kappa shape index (κ2) is 7.75. The van der Waals surface area contributed by atoms with E-state index in [1.165, 1.54) is 7.11 Å². The Labute approximate surface area is 144 Å². The van der Waals surface area contributed by atoms with Crippen LogP contribution in [0.25, 0.3) is 0 Å². The van der Waals surface area contributed by atoms with Crippen LogP contribution in [0.1, 0.15) is 18.9 Å². The molecule has 1 fully saturated rings. The van der Waals surface area contributed by atoms with Crippen LogP contribution in [0.4, 0.5) is 4.79 Å². The summed E-state index contributed by atoms with van der Waals surface area (Å²) in [4.78, 5) is 47.9. The zero-order chi connectivity index (χ0) is 18.4. The van der Waals surface area contributed by atoms with E-state index in [1.54, 1.807) is 37.3 Å². The monoisotopic (exact) mass is 349 g/mol. The van der Waals surface area contributed by atoms with E-state index in [2.05, 4.69) is 20.2 Å². The van der Waals surface area contributed by atoms with E-state index in [0.29, 0.717) is 17.0 Å². The zero-order valence-electron chi connectivity index (χ0n) is 13.9. The standard InChI is InChI=1S/C16H19N3O6/c1-3-16(11-7-5-4-6-8-11)14(22)19(15(23)17-16)18-12(20)9-25-13(21)10-24-2/h4-8H,3,9-10H2,1-2H3,(H,17,23)(H,18,20)/t16-/m0/s1. The first-order chi connectivity index (χ1) is 11.9. The predicted octanol–water partition coefficient (Wildman–Crippen LogP) is 0.0645. The number of methoxy groups -OCH3 is 1. The Bertz CT molecular complexity index is 678. The highest BCUT2D eigenvalue weighted by Crippen LogP contribution is 2.31. The lowest BCUT2D eigenvalue weighted by molar-refractivity contribution is -0.153. The lowest BCUT2D eigenvalue weighted by atomic mass is 9.87. The number of urea groups is 1. The number of hydrogen-bond donors (Lipinski definition) is 2. The molecule has 0 spiro atoms. The third-order valence-electron chi connectivity index (χ3n) is 3.75. The molecule has 0 bridgehead atoms. The number of benzene rings is 1. The number of hydrogen-bond acceptors (Lipinski definition) is 6. The van der Waals surface area contributed by atoms with Gasteiger partial charge in [-0.05, 0) is 12.0 Å². The molecule has 2 rings (SSSR count). The third-order valence-corrected chi connectivity index (χ3v) is 3.75. The van der Waals surface area contributed by atoms with Crippen molar-refractivity contribution < 1.29 is 28.7 Å². The molecule has 1 aliphatic rings. The fraction of sp³-hybridized carbons (Fsp3) is 0.375. The van der Waals surface area contributed by atoms with Crippen molar-refractivity contribution in [2.45, 2.75) is 18.9 Å². The van der Waals surface area contributed by atoms with Gasteiger partial charge in [-0.1, -0.05) is 37.3 Å². The number of rotatable bonds is 7. The summed E-state index contributed by atoms with van der Waals surface area (Å²) in [7, 11) is 1.31. The molecule has 1 aromatic carbocycles. The van der Waals surface area contributed by atoms with Gasteiger partial charge in [0, 0.05) is 7.11 Å². The van der Waals surface area contributed by atoms with Crippen molar-refractivity contribution in [1.82, 2.24) is 15.8 Å². The molecule has 0 unspecified atom stereocenters. The Balaban J connectivity index is 2.08. The number of imide groups is 1. The lowest BCUT2D eigenvalue weighted by Crippen LogP contribution is -2.49. The van der Waals surface area contributed by atoms with E-state index in [1.807, 2.05) is 0 Å². The molecular formula is C16H19N3O6. The zero-order valence-corrected chi connectivity index (χ0v) is 13.9. The van der Waals surface area contributed by atoms with E-state index in [4.69, 9.17) is 0 Å². The molecule has 0 aromatic heterocycles. The first-order valence-corrected chi connectivity index (χ1v) is 7.61. The van der Waals surface area contributed by atoms with Crippen LogP contribution < -0.4 is 10.7 Å². The Morgan fingerprint density at radius 1 is 1.20 bits per heavy atom. The van der Waals surface area contributed by atoms with Crippen molar-refractivity contribution in [3.63, 3.8) is 0 Å². The molecule has 1 heterocycles. The summed E-state index contributed by atoms with van der Waals surface area (Å²) in [6.07, 6.45) is 0.302. The molecule has 1 atom stereocenters. The summed E-state index contributed by atoms with van der Waals surface area (Å²) in [6.45, 7) is 0.816. The number of carbonyl (C=O) groups excluding carboxylic acids is 4. The van der Waals surface area contributed by atoms with Crippen molar-refractivity contribution >= 4 is 23.8 Å². The van der Waals surface area contributed by atoms with Crippen molar-refractivity contribution in [3.8, 4) is 0 Å². The summed E-state index contributed by atoms with van der Waals surface area (Å²) in [5.74, 6) is -2.15.